The standard InChI is InChI=1S/C78H50BClN4/c80-55-45-74-76-75(46-55)84(78-60(53-29-11-3-12-30-53)41-24-42-61(78)54-31-13-4-14-32-54)73-50-71-65(63-38-20-22-44-69(63)82(71)57-35-17-6-18-36-57)48-67(73)79(76)66-47-64-62-37-19-21-43-68(62)81(56-33-15-5-16-34-56)70(64)49-72(66)83(74)77-58(51-25-7-1-8-26-51)39-23-40-59(77)52-27-9-2-10-28-52/h1-50H. The Hall–Kier alpha value is -10.6. The summed E-state index contributed by atoms with van der Waals surface area (Å²) in [6.07, 6.45) is 0. The minimum Gasteiger partial charge on any atom is -0.310 e. The number of nitrogens with zero attached hydrogens (tertiary/aromatic N) is 4. The van der Waals surface area contributed by atoms with Crippen molar-refractivity contribution in [3.05, 3.63) is 308 Å². The second kappa shape index (κ2) is 19.3. The number of fused-ring (bicyclic) bond motifs is 10. The first kappa shape index (κ1) is 48.2. The van der Waals surface area contributed by atoms with Crippen LogP contribution in [0.5, 0.6) is 0 Å². The molecule has 0 fully saturated rings. The van der Waals surface area contributed by atoms with E-state index in [2.05, 4.69) is 322 Å². The number of halogens is 1. The van der Waals surface area contributed by atoms with Gasteiger partial charge < -0.3 is 18.9 Å². The second-order valence-corrected chi connectivity index (χ2v) is 22.5. The predicted octanol–water partition coefficient (Wildman–Crippen LogP) is 19.3. The molecular weight excluding hydrogens is 1040 g/mol. The maximum atomic E-state index is 7.97. The van der Waals surface area contributed by atoms with Gasteiger partial charge in [-0.15, -0.1) is 0 Å². The average molecular weight is 1090 g/mol. The molecule has 2 aliphatic heterocycles. The number of hydrogen-bond donors (Lipinski definition) is 0. The van der Waals surface area contributed by atoms with Gasteiger partial charge in [-0.05, 0) is 99.3 Å². The summed E-state index contributed by atoms with van der Waals surface area (Å²) in [4.78, 5) is 5.16. The Morgan fingerprint density at radius 1 is 0.262 bits per heavy atom. The largest absolute Gasteiger partial charge is 0.310 e. The van der Waals surface area contributed by atoms with E-state index >= 15 is 0 Å². The Morgan fingerprint density at radius 3 is 0.940 bits per heavy atom. The normalized spacial score (nSPS) is 12.5. The van der Waals surface area contributed by atoms with E-state index in [4.69, 9.17) is 11.6 Å². The van der Waals surface area contributed by atoms with Gasteiger partial charge in [0.15, 0.2) is 0 Å². The Balaban J connectivity index is 1.08. The molecular formula is C78H50BClN4. The third-order valence-electron chi connectivity index (χ3n) is 17.5. The molecule has 0 bridgehead atoms. The first-order chi connectivity index (χ1) is 41.6. The van der Waals surface area contributed by atoms with Crippen LogP contribution >= 0.6 is 11.6 Å². The first-order valence-electron chi connectivity index (χ1n) is 28.8. The molecule has 0 aliphatic carbocycles. The topological polar surface area (TPSA) is 16.3 Å². The van der Waals surface area contributed by atoms with Crippen molar-refractivity contribution < 1.29 is 0 Å². The summed E-state index contributed by atoms with van der Waals surface area (Å²) in [5.41, 5.74) is 25.7. The van der Waals surface area contributed by atoms with Crippen molar-refractivity contribution in [2.75, 3.05) is 9.80 Å². The first-order valence-corrected chi connectivity index (χ1v) is 29.2. The van der Waals surface area contributed by atoms with Gasteiger partial charge in [0, 0.05) is 82.9 Å². The van der Waals surface area contributed by atoms with Crippen LogP contribution in [0.4, 0.5) is 34.1 Å². The number of para-hydroxylation sites is 6. The minimum atomic E-state index is -0.260. The molecule has 0 amide bonds. The van der Waals surface area contributed by atoms with Crippen LogP contribution in [0.3, 0.4) is 0 Å². The van der Waals surface area contributed by atoms with Crippen molar-refractivity contribution in [2.45, 2.75) is 0 Å². The zero-order valence-corrected chi connectivity index (χ0v) is 46.4. The highest BCUT2D eigenvalue weighted by Crippen LogP contribution is 2.54. The van der Waals surface area contributed by atoms with Crippen molar-refractivity contribution in [1.29, 1.82) is 0 Å². The zero-order chi connectivity index (χ0) is 55.4. The van der Waals surface area contributed by atoms with Gasteiger partial charge in [0.1, 0.15) is 0 Å². The van der Waals surface area contributed by atoms with Crippen LogP contribution < -0.4 is 26.2 Å². The van der Waals surface area contributed by atoms with Crippen LogP contribution in [0, 0.1) is 0 Å². The molecule has 0 saturated heterocycles. The van der Waals surface area contributed by atoms with Crippen molar-refractivity contribution in [1.82, 2.24) is 9.13 Å². The highest BCUT2D eigenvalue weighted by Gasteiger charge is 2.46. The summed E-state index contributed by atoms with van der Waals surface area (Å²) in [5, 5.41) is 5.42. The molecule has 13 aromatic carbocycles. The lowest BCUT2D eigenvalue weighted by Crippen LogP contribution is -2.61. The quantitative estimate of drug-likeness (QED) is 0.141. The van der Waals surface area contributed by atoms with E-state index < -0.39 is 0 Å². The predicted molar refractivity (Wildman–Crippen MR) is 356 cm³/mol. The van der Waals surface area contributed by atoms with Gasteiger partial charge in [0.25, 0.3) is 6.71 Å². The number of anilines is 6. The SMILES string of the molecule is Clc1cc2c3c(c1)N(c1c(-c4ccccc4)cccc1-c1ccccc1)c1cc4c(cc1B3c1cc3c5ccccc5n(-c5ccccc5)c3cc1N2c1c(-c2ccccc2)cccc1-c1ccccc1)c1ccccc1n4-c1ccccc1. The Labute approximate surface area is 492 Å². The molecule has 0 radical (unpaired) electrons. The smallest absolute Gasteiger partial charge is 0.252 e. The monoisotopic (exact) mass is 1090 g/mol. The molecule has 6 heteroatoms. The van der Waals surface area contributed by atoms with E-state index in [9.17, 15) is 0 Å². The third kappa shape index (κ3) is 7.36. The maximum absolute atomic E-state index is 7.97. The van der Waals surface area contributed by atoms with E-state index in [1.165, 1.54) is 37.9 Å². The number of aromatic nitrogens is 2. The molecule has 0 saturated carbocycles. The van der Waals surface area contributed by atoms with E-state index in [-0.39, 0.29) is 6.71 Å². The third-order valence-corrected chi connectivity index (χ3v) is 17.7. The summed E-state index contributed by atoms with van der Waals surface area (Å²) < 4.78 is 4.90. The molecule has 392 valence electrons. The van der Waals surface area contributed by atoms with E-state index in [1.54, 1.807) is 0 Å². The maximum Gasteiger partial charge on any atom is 0.252 e. The van der Waals surface area contributed by atoms with Crippen LogP contribution in [0.25, 0.3) is 99.5 Å². The van der Waals surface area contributed by atoms with E-state index in [0.717, 1.165) is 112 Å². The van der Waals surface area contributed by atoms with Gasteiger partial charge in [-0.2, -0.15) is 0 Å². The van der Waals surface area contributed by atoms with Gasteiger partial charge in [0.05, 0.1) is 33.4 Å². The molecule has 4 heterocycles. The molecule has 0 N–H and O–H groups in total. The fourth-order valence-corrected chi connectivity index (χ4v) is 14.3. The Kier molecular flexibility index (Phi) is 11.1. The zero-order valence-electron chi connectivity index (χ0n) is 45.6. The molecule has 0 atom stereocenters. The summed E-state index contributed by atoms with van der Waals surface area (Å²) in [7, 11) is 0. The molecule has 15 aromatic rings. The van der Waals surface area contributed by atoms with Crippen LogP contribution in [-0.4, -0.2) is 15.8 Å². The fraction of sp³-hybridized carbons (Fsp3) is 0. The van der Waals surface area contributed by atoms with Gasteiger partial charge in [0.2, 0.25) is 0 Å². The van der Waals surface area contributed by atoms with Gasteiger partial charge in [-0.3, -0.25) is 0 Å². The molecule has 0 unspecified atom stereocenters. The van der Waals surface area contributed by atoms with Gasteiger partial charge >= 0.3 is 0 Å². The molecule has 84 heavy (non-hydrogen) atoms. The van der Waals surface area contributed by atoms with Crippen molar-refractivity contribution >= 4 is 112 Å². The Bertz CT molecular complexity index is 4650. The lowest BCUT2D eigenvalue weighted by atomic mass is 9.33. The van der Waals surface area contributed by atoms with Crippen LogP contribution in [0.2, 0.25) is 5.02 Å². The highest BCUT2D eigenvalue weighted by molar-refractivity contribution is 7.00. The van der Waals surface area contributed by atoms with Gasteiger partial charge in [-0.25, -0.2) is 0 Å². The number of hydrogen-bond acceptors (Lipinski definition) is 2. The summed E-state index contributed by atoms with van der Waals surface area (Å²) in [5.74, 6) is 0. The molecule has 4 nitrogen and oxygen atoms in total. The number of benzene rings is 13. The van der Waals surface area contributed by atoms with Crippen LogP contribution in [-0.2, 0) is 0 Å². The molecule has 2 aromatic heterocycles. The summed E-state index contributed by atoms with van der Waals surface area (Å²) in [6.45, 7) is -0.260. The molecule has 17 rings (SSSR count). The average Bonchev–Trinajstić information content (AvgIpc) is 1.21. The highest BCUT2D eigenvalue weighted by atomic mass is 35.5. The van der Waals surface area contributed by atoms with Crippen molar-refractivity contribution in [3.8, 4) is 55.9 Å². The molecule has 0 spiro atoms. The van der Waals surface area contributed by atoms with Gasteiger partial charge in [-0.1, -0.05) is 254 Å². The van der Waals surface area contributed by atoms with Crippen molar-refractivity contribution in [2.24, 2.45) is 0 Å². The molecule has 2 aliphatic rings. The number of rotatable bonds is 8. The lowest BCUT2D eigenvalue weighted by Gasteiger charge is -2.45. The van der Waals surface area contributed by atoms with E-state index in [1.807, 2.05) is 0 Å². The lowest BCUT2D eigenvalue weighted by molar-refractivity contribution is 1.17. The van der Waals surface area contributed by atoms with Crippen LogP contribution in [0.1, 0.15) is 0 Å². The summed E-state index contributed by atoms with van der Waals surface area (Å²) in [6, 6.07) is 111. The Morgan fingerprint density at radius 2 is 0.583 bits per heavy atom. The summed E-state index contributed by atoms with van der Waals surface area (Å²) >= 11 is 7.97. The fourth-order valence-electron chi connectivity index (χ4n) is 14.0. The van der Waals surface area contributed by atoms with Crippen LogP contribution in [0.15, 0.2) is 303 Å². The second-order valence-electron chi connectivity index (χ2n) is 22.1. The van der Waals surface area contributed by atoms with Crippen molar-refractivity contribution in [3.63, 3.8) is 0 Å². The van der Waals surface area contributed by atoms with E-state index in [0.29, 0.717) is 5.02 Å². The minimum absolute atomic E-state index is 0.260.